The van der Waals surface area contributed by atoms with Crippen LogP contribution < -0.4 is 14.8 Å². The van der Waals surface area contributed by atoms with Gasteiger partial charge in [-0.05, 0) is 48.0 Å². The minimum Gasteiger partial charge on any atom is -0.465 e. The molecule has 3 aromatic rings. The van der Waals surface area contributed by atoms with Gasteiger partial charge in [-0.3, -0.25) is 9.59 Å². The van der Waals surface area contributed by atoms with Crippen molar-refractivity contribution in [2.75, 3.05) is 7.11 Å². The van der Waals surface area contributed by atoms with E-state index in [1.165, 1.54) is 24.5 Å². The third-order valence-corrected chi connectivity index (χ3v) is 4.92. The molecule has 0 amide bonds. The summed E-state index contributed by atoms with van der Waals surface area (Å²) in [6, 6.07) is 13.2. The number of ketones is 1. The van der Waals surface area contributed by atoms with Crippen LogP contribution >= 0.6 is 22.9 Å². The molecule has 0 aliphatic rings. The van der Waals surface area contributed by atoms with Gasteiger partial charge in [0.15, 0.2) is 5.78 Å². The molecule has 1 heterocycles. The van der Waals surface area contributed by atoms with Crippen molar-refractivity contribution in [2.45, 2.75) is 0 Å². The Morgan fingerprint density at radius 3 is 2.30 bits per heavy atom. The molecule has 0 aliphatic heterocycles. The van der Waals surface area contributed by atoms with Crippen molar-refractivity contribution >= 4 is 46.8 Å². The molecular formula is C20H14ClNO4S. The zero-order chi connectivity index (χ0) is 19.4. The first-order valence-corrected chi connectivity index (χ1v) is 9.06. The zero-order valence-corrected chi connectivity index (χ0v) is 15.8. The van der Waals surface area contributed by atoms with Crippen molar-refractivity contribution < 1.29 is 14.3 Å². The zero-order valence-electron chi connectivity index (χ0n) is 14.2. The van der Waals surface area contributed by atoms with Crippen LogP contribution in [0.4, 0.5) is 0 Å². The Hall–Kier alpha value is -2.96. The van der Waals surface area contributed by atoms with Crippen LogP contribution in [0.25, 0.3) is 12.2 Å². The van der Waals surface area contributed by atoms with E-state index in [9.17, 15) is 14.4 Å². The van der Waals surface area contributed by atoms with Crippen LogP contribution in [0.1, 0.15) is 26.3 Å². The first-order valence-electron chi connectivity index (χ1n) is 7.87. The molecule has 27 heavy (non-hydrogen) atoms. The van der Waals surface area contributed by atoms with Crippen molar-refractivity contribution in [2.24, 2.45) is 0 Å². The third-order valence-electron chi connectivity index (χ3n) is 3.70. The minimum atomic E-state index is -0.423. The smallest absolute Gasteiger partial charge is 0.337 e. The van der Waals surface area contributed by atoms with E-state index in [-0.39, 0.29) is 11.3 Å². The molecular weight excluding hydrogens is 386 g/mol. The number of benzene rings is 2. The van der Waals surface area contributed by atoms with Crippen LogP contribution in [0.15, 0.2) is 53.3 Å². The minimum absolute atomic E-state index is 0.224. The van der Waals surface area contributed by atoms with Gasteiger partial charge in [-0.2, -0.15) is 0 Å². The highest BCUT2D eigenvalue weighted by Gasteiger charge is 2.05. The number of Topliss-reactive ketones (excluding diaryl/α,β-unsaturated/α-hetero) is 1. The van der Waals surface area contributed by atoms with Gasteiger partial charge in [0.25, 0.3) is 5.56 Å². The number of carbonyl (C=O) groups excluding carboxylic acids is 2. The van der Waals surface area contributed by atoms with Gasteiger partial charge in [0, 0.05) is 16.7 Å². The molecule has 0 fully saturated rings. The number of ether oxygens (including phenoxy) is 1. The van der Waals surface area contributed by atoms with Gasteiger partial charge in [0.1, 0.15) is 0 Å². The molecule has 0 radical (unpaired) electrons. The van der Waals surface area contributed by atoms with Crippen LogP contribution in [0.5, 0.6) is 0 Å². The molecule has 0 saturated heterocycles. The maximum Gasteiger partial charge on any atom is 0.337 e. The average molecular weight is 400 g/mol. The molecule has 1 aromatic heterocycles. The van der Waals surface area contributed by atoms with Crippen molar-refractivity contribution in [1.82, 2.24) is 4.98 Å². The number of hydrogen-bond donors (Lipinski definition) is 1. The number of aromatic nitrogens is 1. The Balaban J connectivity index is 1.90. The van der Waals surface area contributed by atoms with Gasteiger partial charge in [-0.25, -0.2) is 4.79 Å². The number of methoxy groups -OCH3 is 1. The fourth-order valence-corrected chi connectivity index (χ4v) is 3.34. The molecule has 1 N–H and O–H groups in total. The second-order valence-corrected chi connectivity index (χ2v) is 7.08. The predicted octanol–water partition coefficient (Wildman–Crippen LogP) is 2.37. The SMILES string of the molecule is COC(=O)c1ccc(/C=c2\s/c(=C\C(=O)c3ccc(Cl)cc3)[nH]c2=O)cc1. The van der Waals surface area contributed by atoms with E-state index in [4.69, 9.17) is 11.6 Å². The van der Waals surface area contributed by atoms with Crippen molar-refractivity contribution in [1.29, 1.82) is 0 Å². The number of halogens is 1. The molecule has 3 rings (SSSR count). The number of hydrogen-bond acceptors (Lipinski definition) is 5. The number of esters is 1. The summed E-state index contributed by atoms with van der Waals surface area (Å²) in [7, 11) is 1.32. The highest BCUT2D eigenvalue weighted by molar-refractivity contribution is 7.07. The van der Waals surface area contributed by atoms with E-state index in [0.29, 0.717) is 25.3 Å². The van der Waals surface area contributed by atoms with Gasteiger partial charge in [0.2, 0.25) is 0 Å². The summed E-state index contributed by atoms with van der Waals surface area (Å²) in [5, 5.41) is 0.547. The van der Waals surface area contributed by atoms with Crippen LogP contribution in [0.2, 0.25) is 5.02 Å². The topological polar surface area (TPSA) is 76.2 Å². The second kappa shape index (κ2) is 8.16. The summed E-state index contributed by atoms with van der Waals surface area (Å²) >= 11 is 6.99. The lowest BCUT2D eigenvalue weighted by molar-refractivity contribution is 0.0600. The number of H-pyrrole nitrogens is 1. The molecule has 136 valence electrons. The molecule has 0 atom stereocenters. The van der Waals surface area contributed by atoms with Gasteiger partial charge < -0.3 is 9.72 Å². The summed E-state index contributed by atoms with van der Waals surface area (Å²) in [4.78, 5) is 38.5. The Kier molecular flexibility index (Phi) is 5.69. The van der Waals surface area contributed by atoms with Crippen LogP contribution in [0.3, 0.4) is 0 Å². The van der Waals surface area contributed by atoms with Crippen LogP contribution in [-0.4, -0.2) is 23.8 Å². The molecule has 0 aliphatic carbocycles. The van der Waals surface area contributed by atoms with Crippen molar-refractivity contribution in [3.8, 4) is 0 Å². The Bertz CT molecular complexity index is 1160. The molecule has 0 saturated carbocycles. The van der Waals surface area contributed by atoms with E-state index in [1.54, 1.807) is 54.6 Å². The highest BCUT2D eigenvalue weighted by Crippen LogP contribution is 2.10. The number of aromatic amines is 1. The average Bonchev–Trinajstić information content (AvgIpc) is 3.01. The quantitative estimate of drug-likeness (QED) is 0.539. The normalized spacial score (nSPS) is 12.2. The van der Waals surface area contributed by atoms with Crippen molar-refractivity contribution in [3.05, 3.63) is 89.8 Å². The van der Waals surface area contributed by atoms with Gasteiger partial charge in [-0.1, -0.05) is 23.7 Å². The Morgan fingerprint density at radius 2 is 1.67 bits per heavy atom. The van der Waals surface area contributed by atoms with E-state index in [0.717, 1.165) is 5.56 Å². The second-order valence-electron chi connectivity index (χ2n) is 5.56. The summed E-state index contributed by atoms with van der Waals surface area (Å²) < 4.78 is 5.56. The number of carbonyl (C=O) groups is 2. The van der Waals surface area contributed by atoms with E-state index in [1.807, 2.05) is 0 Å². The summed E-state index contributed by atoms with van der Waals surface area (Å²) in [5.41, 5.74) is 1.38. The Morgan fingerprint density at radius 1 is 1.04 bits per heavy atom. The molecule has 0 spiro atoms. The fraction of sp³-hybridized carbons (Fsp3) is 0.0500. The lowest BCUT2D eigenvalue weighted by Crippen LogP contribution is -2.20. The monoisotopic (exact) mass is 399 g/mol. The van der Waals surface area contributed by atoms with Gasteiger partial charge in [0.05, 0.1) is 21.9 Å². The predicted molar refractivity (Wildman–Crippen MR) is 106 cm³/mol. The molecule has 0 unspecified atom stereocenters. The summed E-state index contributed by atoms with van der Waals surface area (Å²) in [5.74, 6) is -0.647. The maximum atomic E-state index is 12.3. The highest BCUT2D eigenvalue weighted by atomic mass is 35.5. The summed E-state index contributed by atoms with van der Waals surface area (Å²) in [6.07, 6.45) is 3.07. The largest absolute Gasteiger partial charge is 0.465 e. The lowest BCUT2D eigenvalue weighted by Gasteiger charge is -1.98. The van der Waals surface area contributed by atoms with E-state index >= 15 is 0 Å². The molecule has 2 aromatic carbocycles. The van der Waals surface area contributed by atoms with Gasteiger partial charge in [-0.15, -0.1) is 11.3 Å². The number of rotatable bonds is 4. The van der Waals surface area contributed by atoms with Crippen molar-refractivity contribution in [3.63, 3.8) is 0 Å². The number of thiazole rings is 1. The first-order chi connectivity index (χ1) is 13.0. The van der Waals surface area contributed by atoms with Crippen LogP contribution in [-0.2, 0) is 4.74 Å². The standard InChI is InChI=1S/C20H14ClNO4S/c1-26-20(25)14-4-2-12(3-5-14)10-17-19(24)22-18(27-17)11-16(23)13-6-8-15(21)9-7-13/h2-11H,1H3,(H,22,24)/b17-10-,18-11-. The fourth-order valence-electron chi connectivity index (χ4n) is 2.33. The maximum absolute atomic E-state index is 12.3. The first kappa shape index (κ1) is 18.8. The summed E-state index contributed by atoms with van der Waals surface area (Å²) in [6.45, 7) is 0. The van der Waals surface area contributed by atoms with E-state index in [2.05, 4.69) is 9.72 Å². The number of nitrogens with one attached hydrogen (secondary N) is 1. The lowest BCUT2D eigenvalue weighted by atomic mass is 10.1. The van der Waals surface area contributed by atoms with Gasteiger partial charge >= 0.3 is 5.97 Å². The molecule has 0 bridgehead atoms. The third kappa shape index (κ3) is 4.61. The van der Waals surface area contributed by atoms with Crippen LogP contribution in [0, 0.1) is 0 Å². The molecule has 5 nitrogen and oxygen atoms in total. The Labute approximate surface area is 163 Å². The van der Waals surface area contributed by atoms with E-state index < -0.39 is 5.97 Å². The molecule has 7 heteroatoms.